The summed E-state index contributed by atoms with van der Waals surface area (Å²) in [6.07, 6.45) is 9.35. The highest BCUT2D eigenvalue weighted by atomic mass is 16.1. The molecule has 0 aliphatic rings. The van der Waals surface area contributed by atoms with Crippen LogP contribution in [0.5, 0.6) is 0 Å². The predicted octanol–water partition coefficient (Wildman–Crippen LogP) is 3.25. The van der Waals surface area contributed by atoms with E-state index in [-0.39, 0.29) is 5.91 Å². The number of hydrogen-bond donors (Lipinski definition) is 1. The van der Waals surface area contributed by atoms with E-state index >= 15 is 0 Å². The molecule has 1 unspecified atom stereocenters. The first kappa shape index (κ1) is 13.5. The SMILES string of the molecule is CCCCCCCC(CC)CC(N)=O. The molecule has 0 fully saturated rings. The molecule has 2 heteroatoms. The molecule has 0 bridgehead atoms. The zero-order valence-corrected chi connectivity index (χ0v) is 9.72. The lowest BCUT2D eigenvalue weighted by atomic mass is 9.95. The molecular formula is C12H25NO. The first-order valence-electron chi connectivity index (χ1n) is 5.99. The molecule has 0 rings (SSSR count). The van der Waals surface area contributed by atoms with Gasteiger partial charge in [-0.1, -0.05) is 52.4 Å². The largest absolute Gasteiger partial charge is 0.370 e. The van der Waals surface area contributed by atoms with Gasteiger partial charge in [0.25, 0.3) is 0 Å². The molecule has 0 aromatic heterocycles. The molecular weight excluding hydrogens is 174 g/mol. The van der Waals surface area contributed by atoms with Crippen molar-refractivity contribution in [2.45, 2.75) is 65.2 Å². The molecule has 0 aliphatic carbocycles. The van der Waals surface area contributed by atoms with Crippen LogP contribution < -0.4 is 5.73 Å². The first-order chi connectivity index (χ1) is 6.70. The third-order valence-corrected chi connectivity index (χ3v) is 2.78. The van der Waals surface area contributed by atoms with Crippen LogP contribution in [0.1, 0.15) is 65.2 Å². The first-order valence-corrected chi connectivity index (χ1v) is 5.99. The quantitative estimate of drug-likeness (QED) is 0.569. The summed E-state index contributed by atoms with van der Waals surface area (Å²) < 4.78 is 0. The summed E-state index contributed by atoms with van der Waals surface area (Å²) in [7, 11) is 0. The number of carbonyl (C=O) groups is 1. The number of carbonyl (C=O) groups excluding carboxylic acids is 1. The Hall–Kier alpha value is -0.530. The smallest absolute Gasteiger partial charge is 0.217 e. The van der Waals surface area contributed by atoms with Gasteiger partial charge < -0.3 is 5.73 Å². The number of nitrogens with two attached hydrogens (primary N) is 1. The molecule has 2 nitrogen and oxygen atoms in total. The summed E-state index contributed by atoms with van der Waals surface area (Å²) >= 11 is 0. The number of amides is 1. The van der Waals surface area contributed by atoms with E-state index in [2.05, 4.69) is 13.8 Å². The maximum atomic E-state index is 10.7. The Balaban J connectivity index is 3.38. The molecule has 0 aliphatic heterocycles. The number of primary amides is 1. The van der Waals surface area contributed by atoms with Gasteiger partial charge in [0.1, 0.15) is 0 Å². The van der Waals surface area contributed by atoms with Crippen molar-refractivity contribution in [2.24, 2.45) is 11.7 Å². The molecule has 0 heterocycles. The van der Waals surface area contributed by atoms with Crippen molar-refractivity contribution in [3.8, 4) is 0 Å². The van der Waals surface area contributed by atoms with Gasteiger partial charge in [-0.15, -0.1) is 0 Å². The van der Waals surface area contributed by atoms with Gasteiger partial charge >= 0.3 is 0 Å². The van der Waals surface area contributed by atoms with Crippen molar-refractivity contribution < 1.29 is 4.79 Å². The second-order valence-electron chi connectivity index (χ2n) is 4.15. The molecule has 1 amide bonds. The number of rotatable bonds is 9. The van der Waals surface area contributed by atoms with E-state index in [9.17, 15) is 4.79 Å². The van der Waals surface area contributed by atoms with E-state index in [0.717, 1.165) is 6.42 Å². The highest BCUT2D eigenvalue weighted by Gasteiger charge is 2.08. The molecule has 0 aromatic carbocycles. The highest BCUT2D eigenvalue weighted by Crippen LogP contribution is 2.17. The van der Waals surface area contributed by atoms with E-state index in [1.54, 1.807) is 0 Å². The van der Waals surface area contributed by atoms with Crippen LogP contribution in [0.2, 0.25) is 0 Å². The minimum absolute atomic E-state index is 0.148. The van der Waals surface area contributed by atoms with Gasteiger partial charge in [-0.25, -0.2) is 0 Å². The Bertz CT molecular complexity index is 145. The second kappa shape index (κ2) is 9.04. The molecule has 0 radical (unpaired) electrons. The third-order valence-electron chi connectivity index (χ3n) is 2.78. The van der Waals surface area contributed by atoms with Crippen molar-refractivity contribution in [3.63, 3.8) is 0 Å². The summed E-state index contributed by atoms with van der Waals surface area (Å²) in [5.41, 5.74) is 5.18. The van der Waals surface area contributed by atoms with E-state index in [1.165, 1.54) is 38.5 Å². The van der Waals surface area contributed by atoms with Crippen molar-refractivity contribution in [2.75, 3.05) is 0 Å². The average molecular weight is 199 g/mol. The van der Waals surface area contributed by atoms with Gasteiger partial charge in [0.15, 0.2) is 0 Å². The van der Waals surface area contributed by atoms with Crippen LogP contribution in [0.15, 0.2) is 0 Å². The monoisotopic (exact) mass is 199 g/mol. The van der Waals surface area contributed by atoms with Gasteiger partial charge in [-0.05, 0) is 12.3 Å². The topological polar surface area (TPSA) is 43.1 Å². The number of hydrogen-bond acceptors (Lipinski definition) is 1. The lowest BCUT2D eigenvalue weighted by Gasteiger charge is -2.11. The summed E-state index contributed by atoms with van der Waals surface area (Å²) in [5.74, 6) is 0.375. The maximum absolute atomic E-state index is 10.7. The Morgan fingerprint density at radius 2 is 1.79 bits per heavy atom. The Labute approximate surface area is 88.3 Å². The minimum Gasteiger partial charge on any atom is -0.370 e. The molecule has 0 spiro atoms. The predicted molar refractivity (Wildman–Crippen MR) is 61.0 cm³/mol. The fraction of sp³-hybridized carbons (Fsp3) is 0.917. The Kier molecular flexibility index (Phi) is 8.70. The Morgan fingerprint density at radius 1 is 1.14 bits per heavy atom. The van der Waals surface area contributed by atoms with Crippen LogP contribution in [-0.2, 0) is 4.79 Å². The van der Waals surface area contributed by atoms with Crippen LogP contribution in [0, 0.1) is 5.92 Å². The van der Waals surface area contributed by atoms with Crippen LogP contribution in [0.4, 0.5) is 0 Å². The summed E-state index contributed by atoms with van der Waals surface area (Å²) in [6.45, 7) is 4.36. The van der Waals surface area contributed by atoms with Crippen molar-refractivity contribution in [3.05, 3.63) is 0 Å². The van der Waals surface area contributed by atoms with E-state index in [4.69, 9.17) is 5.73 Å². The fourth-order valence-electron chi connectivity index (χ4n) is 1.77. The fourth-order valence-corrected chi connectivity index (χ4v) is 1.77. The van der Waals surface area contributed by atoms with E-state index in [0.29, 0.717) is 12.3 Å². The summed E-state index contributed by atoms with van der Waals surface area (Å²) in [6, 6.07) is 0. The van der Waals surface area contributed by atoms with Gasteiger partial charge in [0.2, 0.25) is 5.91 Å². The van der Waals surface area contributed by atoms with Gasteiger partial charge in [0.05, 0.1) is 0 Å². The maximum Gasteiger partial charge on any atom is 0.217 e. The summed E-state index contributed by atoms with van der Waals surface area (Å²) in [5, 5.41) is 0. The van der Waals surface area contributed by atoms with Gasteiger partial charge in [-0.2, -0.15) is 0 Å². The van der Waals surface area contributed by atoms with Crippen LogP contribution in [0.25, 0.3) is 0 Å². The molecule has 2 N–H and O–H groups in total. The van der Waals surface area contributed by atoms with Crippen molar-refractivity contribution >= 4 is 5.91 Å². The Morgan fingerprint density at radius 3 is 2.29 bits per heavy atom. The second-order valence-corrected chi connectivity index (χ2v) is 4.15. The van der Waals surface area contributed by atoms with Crippen LogP contribution >= 0.6 is 0 Å². The normalized spacial score (nSPS) is 12.7. The molecule has 14 heavy (non-hydrogen) atoms. The number of unbranched alkanes of at least 4 members (excludes halogenated alkanes) is 4. The van der Waals surface area contributed by atoms with Crippen molar-refractivity contribution in [1.82, 2.24) is 0 Å². The molecule has 0 saturated carbocycles. The molecule has 0 saturated heterocycles. The molecule has 1 atom stereocenters. The van der Waals surface area contributed by atoms with Crippen LogP contribution in [-0.4, -0.2) is 5.91 Å². The minimum atomic E-state index is -0.148. The van der Waals surface area contributed by atoms with Crippen LogP contribution in [0.3, 0.4) is 0 Å². The lowest BCUT2D eigenvalue weighted by Crippen LogP contribution is -2.15. The molecule has 0 aromatic rings. The van der Waals surface area contributed by atoms with Crippen molar-refractivity contribution in [1.29, 1.82) is 0 Å². The molecule has 84 valence electrons. The lowest BCUT2D eigenvalue weighted by molar-refractivity contribution is -0.119. The summed E-state index contributed by atoms with van der Waals surface area (Å²) in [4.78, 5) is 10.7. The average Bonchev–Trinajstić information content (AvgIpc) is 2.15. The standard InChI is InChI=1S/C12H25NO/c1-3-5-6-7-8-9-11(4-2)10-12(13)14/h11H,3-10H2,1-2H3,(H2,13,14). The zero-order chi connectivity index (χ0) is 10.8. The highest BCUT2D eigenvalue weighted by molar-refractivity contribution is 5.73. The van der Waals surface area contributed by atoms with Gasteiger partial charge in [-0.3, -0.25) is 4.79 Å². The van der Waals surface area contributed by atoms with E-state index in [1.807, 2.05) is 0 Å². The van der Waals surface area contributed by atoms with Gasteiger partial charge in [0, 0.05) is 6.42 Å². The van der Waals surface area contributed by atoms with E-state index < -0.39 is 0 Å². The third kappa shape index (κ3) is 8.09. The zero-order valence-electron chi connectivity index (χ0n) is 9.72.